The molecule has 4 rings (SSSR count). The molecule has 31 heavy (non-hydrogen) atoms. The Morgan fingerprint density at radius 3 is 2.55 bits per heavy atom. The van der Waals surface area contributed by atoms with Crippen LogP contribution in [0.4, 0.5) is 18.9 Å². The van der Waals surface area contributed by atoms with Crippen molar-refractivity contribution in [1.82, 2.24) is 9.88 Å². The molecule has 6 nitrogen and oxygen atoms in total. The molecule has 2 aliphatic rings. The highest BCUT2D eigenvalue weighted by Crippen LogP contribution is 2.36. The monoisotopic (exact) mass is 433 g/mol. The molecule has 0 radical (unpaired) electrons. The van der Waals surface area contributed by atoms with Gasteiger partial charge in [-0.05, 0) is 49.2 Å². The Kier molecular flexibility index (Phi) is 5.36. The molecule has 0 spiro atoms. The van der Waals surface area contributed by atoms with E-state index in [1.54, 1.807) is 4.90 Å². The third kappa shape index (κ3) is 4.22. The van der Waals surface area contributed by atoms with Crippen LogP contribution in [0.1, 0.15) is 23.1 Å². The molecule has 1 aromatic carbocycles. The van der Waals surface area contributed by atoms with Crippen LogP contribution in [-0.4, -0.2) is 47.4 Å². The van der Waals surface area contributed by atoms with Crippen molar-refractivity contribution in [3.05, 3.63) is 53.2 Å². The van der Waals surface area contributed by atoms with Crippen molar-refractivity contribution in [1.29, 1.82) is 0 Å². The minimum atomic E-state index is -4.56. The van der Waals surface area contributed by atoms with Gasteiger partial charge in [0.15, 0.2) is 0 Å². The van der Waals surface area contributed by atoms with E-state index in [1.165, 1.54) is 17.2 Å². The second kappa shape index (κ2) is 7.86. The summed E-state index contributed by atoms with van der Waals surface area (Å²) in [6.45, 7) is 4.58. The molecule has 0 aliphatic carbocycles. The van der Waals surface area contributed by atoms with E-state index < -0.39 is 29.6 Å². The van der Waals surface area contributed by atoms with E-state index in [4.69, 9.17) is 4.74 Å². The summed E-state index contributed by atoms with van der Waals surface area (Å²) in [6, 6.07) is 7.85. The summed E-state index contributed by atoms with van der Waals surface area (Å²) in [7, 11) is 0. The van der Waals surface area contributed by atoms with Gasteiger partial charge in [0.1, 0.15) is 11.7 Å². The van der Waals surface area contributed by atoms with Gasteiger partial charge in [0.2, 0.25) is 17.7 Å². The maximum Gasteiger partial charge on any atom is 0.421 e. The van der Waals surface area contributed by atoms with E-state index in [0.29, 0.717) is 6.54 Å². The van der Waals surface area contributed by atoms with E-state index in [2.05, 4.69) is 4.98 Å². The average molecular weight is 433 g/mol. The molecule has 1 unspecified atom stereocenters. The summed E-state index contributed by atoms with van der Waals surface area (Å²) in [4.78, 5) is 32.1. The minimum Gasteiger partial charge on any atom is -0.470 e. The molecule has 2 saturated heterocycles. The molecule has 2 fully saturated rings. The number of aryl methyl sites for hydroxylation is 2. The fourth-order valence-electron chi connectivity index (χ4n) is 3.83. The van der Waals surface area contributed by atoms with Gasteiger partial charge in [0, 0.05) is 24.8 Å². The van der Waals surface area contributed by atoms with Gasteiger partial charge in [-0.2, -0.15) is 13.2 Å². The summed E-state index contributed by atoms with van der Waals surface area (Å²) >= 11 is 0. The Balaban J connectivity index is 1.35. The van der Waals surface area contributed by atoms with E-state index >= 15 is 0 Å². The average Bonchev–Trinajstić information content (AvgIpc) is 3.07. The minimum absolute atomic E-state index is 0.113. The number of aromatic nitrogens is 1. The standard InChI is InChI=1S/C22H22F3N3O3/c1-13-5-6-16(8-14(13)2)28-10-15(9-19(28)29)21(30)27-11-17(12-27)31-20-18(22(23,24)25)4-3-7-26-20/h3-8,15,17H,9-12H2,1-2H3. The predicted molar refractivity (Wildman–Crippen MR) is 107 cm³/mol. The summed E-state index contributed by atoms with van der Waals surface area (Å²) in [5, 5.41) is 0. The summed E-state index contributed by atoms with van der Waals surface area (Å²) in [5.74, 6) is -1.26. The first-order valence-electron chi connectivity index (χ1n) is 9.98. The lowest BCUT2D eigenvalue weighted by Crippen LogP contribution is -2.58. The normalized spacial score (nSPS) is 19.5. The topological polar surface area (TPSA) is 62.7 Å². The predicted octanol–water partition coefficient (Wildman–Crippen LogP) is 3.36. The number of carbonyl (C=O) groups excluding carboxylic acids is 2. The van der Waals surface area contributed by atoms with Crippen LogP contribution < -0.4 is 9.64 Å². The summed E-state index contributed by atoms with van der Waals surface area (Å²) in [5.41, 5.74) is 2.01. The van der Waals surface area contributed by atoms with Crippen LogP contribution in [0, 0.1) is 19.8 Å². The van der Waals surface area contributed by atoms with Crippen molar-refractivity contribution < 1.29 is 27.5 Å². The van der Waals surface area contributed by atoms with E-state index in [0.717, 1.165) is 22.9 Å². The molecule has 1 aromatic heterocycles. The van der Waals surface area contributed by atoms with Crippen molar-refractivity contribution in [2.75, 3.05) is 24.5 Å². The Morgan fingerprint density at radius 1 is 1.13 bits per heavy atom. The molecule has 9 heteroatoms. The Bertz CT molecular complexity index is 1020. The van der Waals surface area contributed by atoms with Crippen molar-refractivity contribution in [2.45, 2.75) is 32.5 Å². The van der Waals surface area contributed by atoms with Gasteiger partial charge in [-0.3, -0.25) is 9.59 Å². The number of alkyl halides is 3. The van der Waals surface area contributed by atoms with Crippen LogP contribution in [0.25, 0.3) is 0 Å². The third-order valence-electron chi connectivity index (χ3n) is 5.79. The van der Waals surface area contributed by atoms with Gasteiger partial charge in [-0.25, -0.2) is 4.98 Å². The van der Waals surface area contributed by atoms with Gasteiger partial charge >= 0.3 is 6.18 Å². The van der Waals surface area contributed by atoms with Crippen molar-refractivity contribution >= 4 is 17.5 Å². The SMILES string of the molecule is Cc1ccc(N2CC(C(=O)N3CC(Oc4ncccc4C(F)(F)F)C3)CC2=O)cc1C. The number of hydrogen-bond acceptors (Lipinski definition) is 4. The number of likely N-dealkylation sites (tertiary alicyclic amines) is 1. The van der Waals surface area contributed by atoms with Crippen LogP contribution in [0.15, 0.2) is 36.5 Å². The summed E-state index contributed by atoms with van der Waals surface area (Å²) < 4.78 is 44.6. The number of carbonyl (C=O) groups is 2. The van der Waals surface area contributed by atoms with Gasteiger partial charge in [-0.15, -0.1) is 0 Å². The molecule has 0 N–H and O–H groups in total. The van der Waals surface area contributed by atoms with E-state index in [-0.39, 0.29) is 31.3 Å². The molecule has 2 aliphatic heterocycles. The zero-order valence-electron chi connectivity index (χ0n) is 17.1. The highest BCUT2D eigenvalue weighted by molar-refractivity contribution is 6.00. The number of benzene rings is 1. The van der Waals surface area contributed by atoms with Gasteiger partial charge < -0.3 is 14.5 Å². The summed E-state index contributed by atoms with van der Waals surface area (Å²) in [6.07, 6.45) is -3.78. The lowest BCUT2D eigenvalue weighted by molar-refractivity contribution is -0.147. The highest BCUT2D eigenvalue weighted by atomic mass is 19.4. The van der Waals surface area contributed by atoms with Crippen molar-refractivity contribution in [3.63, 3.8) is 0 Å². The smallest absolute Gasteiger partial charge is 0.421 e. The first kappa shape index (κ1) is 21.1. The zero-order valence-corrected chi connectivity index (χ0v) is 17.1. The molecule has 1 atom stereocenters. The van der Waals surface area contributed by atoms with Gasteiger partial charge in [0.05, 0.1) is 19.0 Å². The molecular weight excluding hydrogens is 411 g/mol. The second-order valence-corrected chi connectivity index (χ2v) is 8.01. The molecule has 164 valence electrons. The lowest BCUT2D eigenvalue weighted by atomic mass is 10.0. The van der Waals surface area contributed by atoms with Gasteiger partial charge in [-0.1, -0.05) is 6.07 Å². The number of rotatable bonds is 4. The molecule has 2 aromatic rings. The van der Waals surface area contributed by atoms with E-state index in [9.17, 15) is 22.8 Å². The quantitative estimate of drug-likeness (QED) is 0.742. The van der Waals surface area contributed by atoms with Crippen LogP contribution in [0.2, 0.25) is 0 Å². The van der Waals surface area contributed by atoms with Crippen LogP contribution in [0.5, 0.6) is 5.88 Å². The molecular formula is C22H22F3N3O3. The van der Waals surface area contributed by atoms with Crippen molar-refractivity contribution in [2.24, 2.45) is 5.92 Å². The number of halogens is 3. The maximum absolute atomic E-state index is 13.1. The Hall–Kier alpha value is -3.10. The lowest BCUT2D eigenvalue weighted by Gasteiger charge is -2.40. The molecule has 2 amide bonds. The fraction of sp³-hybridized carbons (Fsp3) is 0.409. The number of pyridine rings is 1. The first-order valence-corrected chi connectivity index (χ1v) is 9.98. The highest BCUT2D eigenvalue weighted by Gasteiger charge is 2.43. The zero-order chi connectivity index (χ0) is 22.3. The van der Waals surface area contributed by atoms with Crippen LogP contribution in [0.3, 0.4) is 0 Å². The van der Waals surface area contributed by atoms with Gasteiger partial charge in [0.25, 0.3) is 0 Å². The number of amides is 2. The number of hydrogen-bond donors (Lipinski definition) is 0. The Morgan fingerprint density at radius 2 is 1.87 bits per heavy atom. The van der Waals surface area contributed by atoms with Crippen LogP contribution in [-0.2, 0) is 15.8 Å². The Labute approximate surface area is 177 Å². The number of ether oxygens (including phenoxy) is 1. The van der Waals surface area contributed by atoms with E-state index in [1.807, 2.05) is 32.0 Å². The number of nitrogens with zero attached hydrogens (tertiary/aromatic N) is 3. The fourth-order valence-corrected chi connectivity index (χ4v) is 3.83. The first-order chi connectivity index (χ1) is 14.6. The van der Waals surface area contributed by atoms with Crippen LogP contribution >= 0.6 is 0 Å². The van der Waals surface area contributed by atoms with Crippen molar-refractivity contribution in [3.8, 4) is 5.88 Å². The maximum atomic E-state index is 13.1. The molecule has 0 bridgehead atoms. The third-order valence-corrected chi connectivity index (χ3v) is 5.79. The number of anilines is 1. The largest absolute Gasteiger partial charge is 0.470 e. The molecule has 3 heterocycles. The second-order valence-electron chi connectivity index (χ2n) is 8.01. The molecule has 0 saturated carbocycles.